The van der Waals surface area contributed by atoms with E-state index in [0.29, 0.717) is 5.69 Å². The molecule has 1 aliphatic heterocycles. The van der Waals surface area contributed by atoms with E-state index in [4.69, 9.17) is 14.2 Å². The highest BCUT2D eigenvalue weighted by atomic mass is 16.5. The van der Waals surface area contributed by atoms with Crippen molar-refractivity contribution in [2.24, 2.45) is 11.8 Å². The highest BCUT2D eigenvalue weighted by Gasteiger charge is 2.28. The first-order valence-corrected chi connectivity index (χ1v) is 14.1. The lowest BCUT2D eigenvalue weighted by atomic mass is 10.0. The Bertz CT molecular complexity index is 1070. The number of benzene rings is 1. The molecule has 1 aliphatic rings. The van der Waals surface area contributed by atoms with Gasteiger partial charge in [0, 0.05) is 24.9 Å². The molecule has 0 aliphatic carbocycles. The number of nitrogens with one attached hydrogen (secondary N) is 3. The van der Waals surface area contributed by atoms with Crippen LogP contribution in [0.2, 0.25) is 0 Å². The van der Waals surface area contributed by atoms with Gasteiger partial charge in [-0.15, -0.1) is 0 Å². The van der Waals surface area contributed by atoms with Gasteiger partial charge in [0.1, 0.15) is 12.6 Å². The van der Waals surface area contributed by atoms with Crippen molar-refractivity contribution in [1.29, 1.82) is 0 Å². The third kappa shape index (κ3) is 12.4. The number of anilines is 1. The fraction of sp³-hybridized carbons (Fsp3) is 0.586. The molecule has 1 atom stereocenters. The van der Waals surface area contributed by atoms with Crippen LogP contribution in [-0.4, -0.2) is 86.0 Å². The van der Waals surface area contributed by atoms with Gasteiger partial charge in [-0.2, -0.15) is 0 Å². The molecule has 0 radical (unpaired) electrons. The van der Waals surface area contributed by atoms with Gasteiger partial charge >= 0.3 is 5.97 Å². The van der Waals surface area contributed by atoms with Gasteiger partial charge in [-0.1, -0.05) is 39.8 Å². The number of likely N-dealkylation sites (tertiary alicyclic amines) is 1. The maximum absolute atomic E-state index is 12.7. The number of imide groups is 1. The summed E-state index contributed by atoms with van der Waals surface area (Å²) in [6, 6.07) is 5.96. The molecule has 42 heavy (non-hydrogen) atoms. The number of rotatable bonds is 18. The molecule has 1 heterocycles. The normalized spacial score (nSPS) is 13.8. The van der Waals surface area contributed by atoms with E-state index in [1.165, 1.54) is 4.90 Å². The second-order valence-electron chi connectivity index (χ2n) is 10.4. The van der Waals surface area contributed by atoms with Gasteiger partial charge in [-0.05, 0) is 23.6 Å². The van der Waals surface area contributed by atoms with Gasteiger partial charge in [0.2, 0.25) is 29.5 Å². The number of hydrogen-bond donors (Lipinski definition) is 3. The van der Waals surface area contributed by atoms with Crippen molar-refractivity contribution in [2.45, 2.75) is 59.6 Å². The zero-order chi connectivity index (χ0) is 31.1. The third-order valence-corrected chi connectivity index (χ3v) is 6.24. The van der Waals surface area contributed by atoms with Crippen molar-refractivity contribution in [3.8, 4) is 0 Å². The molecule has 0 spiro atoms. The van der Waals surface area contributed by atoms with Crippen LogP contribution in [0.15, 0.2) is 24.3 Å². The molecule has 0 saturated carbocycles. The van der Waals surface area contributed by atoms with E-state index < -0.39 is 17.9 Å². The van der Waals surface area contributed by atoms with Gasteiger partial charge in [-0.25, -0.2) is 0 Å². The van der Waals surface area contributed by atoms with Gasteiger partial charge in [0.25, 0.3) is 0 Å². The van der Waals surface area contributed by atoms with Crippen molar-refractivity contribution in [3.05, 3.63) is 29.8 Å². The minimum absolute atomic E-state index is 0.0282. The molecule has 232 valence electrons. The average molecular weight is 591 g/mol. The summed E-state index contributed by atoms with van der Waals surface area (Å²) < 4.78 is 15.9. The minimum Gasteiger partial charge on any atom is -0.461 e. The molecule has 1 aromatic rings. The molecule has 0 aromatic heterocycles. The largest absolute Gasteiger partial charge is 0.461 e. The monoisotopic (exact) mass is 590 g/mol. The number of ether oxygens (including phenoxy) is 3. The Balaban J connectivity index is 1.62. The lowest BCUT2D eigenvalue weighted by molar-refractivity contribution is -0.148. The van der Waals surface area contributed by atoms with E-state index >= 15 is 0 Å². The van der Waals surface area contributed by atoms with Crippen LogP contribution in [0.3, 0.4) is 0 Å². The quantitative estimate of drug-likeness (QED) is 0.129. The fourth-order valence-electron chi connectivity index (χ4n) is 3.78. The number of carbonyl (C=O) groups excluding carboxylic acids is 6. The Kier molecular flexibility index (Phi) is 14.6. The van der Waals surface area contributed by atoms with E-state index in [0.717, 1.165) is 5.56 Å². The van der Waals surface area contributed by atoms with Crippen LogP contribution in [0.25, 0.3) is 0 Å². The highest BCUT2D eigenvalue weighted by Crippen LogP contribution is 2.12. The first-order valence-electron chi connectivity index (χ1n) is 14.1. The van der Waals surface area contributed by atoms with E-state index in [2.05, 4.69) is 16.0 Å². The third-order valence-electron chi connectivity index (χ3n) is 6.24. The molecule has 0 bridgehead atoms. The Morgan fingerprint density at radius 2 is 1.48 bits per heavy atom. The number of hydrogen-bond acceptors (Lipinski definition) is 9. The van der Waals surface area contributed by atoms with Crippen molar-refractivity contribution in [2.75, 3.05) is 44.8 Å². The Hall–Kier alpha value is -3.84. The summed E-state index contributed by atoms with van der Waals surface area (Å²) >= 11 is 0. The standard InChI is InChI=1S/C29H42N4O9/c1-19(2)27(32-23(34)11-13-40-15-16-41-14-12-33-25(36)9-10-26(33)37)28(38)30-17-24(35)31-22-7-5-21(6-8-22)18-42-29(39)20(3)4/h5-8,19-20,27H,9-18H2,1-4H3,(H,30,38)(H,31,35)(H,32,34). The van der Waals surface area contributed by atoms with Crippen LogP contribution >= 0.6 is 0 Å². The SMILES string of the molecule is CC(C)C(=O)OCc1ccc(NC(=O)CNC(=O)C(NC(=O)CCOCCOCCN2C(=O)CCC2=O)C(C)C)cc1. The lowest BCUT2D eigenvalue weighted by Gasteiger charge is -2.21. The van der Waals surface area contributed by atoms with Crippen molar-refractivity contribution < 1.29 is 43.0 Å². The van der Waals surface area contributed by atoms with Crippen LogP contribution in [0, 0.1) is 11.8 Å². The zero-order valence-corrected chi connectivity index (χ0v) is 24.7. The van der Waals surface area contributed by atoms with Gasteiger partial charge < -0.3 is 30.2 Å². The molecule has 1 aromatic carbocycles. The molecule has 1 unspecified atom stereocenters. The minimum atomic E-state index is -0.836. The molecule has 1 saturated heterocycles. The molecule has 13 heteroatoms. The van der Waals surface area contributed by atoms with E-state index in [9.17, 15) is 28.8 Å². The summed E-state index contributed by atoms with van der Waals surface area (Å²) in [6.45, 7) is 7.94. The van der Waals surface area contributed by atoms with E-state index in [1.54, 1.807) is 52.0 Å². The predicted octanol–water partition coefficient (Wildman–Crippen LogP) is 1.15. The summed E-state index contributed by atoms with van der Waals surface area (Å²) in [7, 11) is 0. The maximum atomic E-state index is 12.7. The first-order chi connectivity index (χ1) is 20.0. The Morgan fingerprint density at radius 1 is 0.857 bits per heavy atom. The number of nitrogens with zero attached hydrogens (tertiary/aromatic N) is 1. The summed E-state index contributed by atoms with van der Waals surface area (Å²) in [4.78, 5) is 73.2. The van der Waals surface area contributed by atoms with E-state index in [1.807, 2.05) is 0 Å². The molecule has 2 rings (SSSR count). The molecule has 1 fully saturated rings. The molecular weight excluding hydrogens is 548 g/mol. The summed E-state index contributed by atoms with van der Waals surface area (Å²) in [5, 5.41) is 7.90. The van der Waals surface area contributed by atoms with Gasteiger partial charge in [0.05, 0.1) is 45.4 Å². The number of esters is 1. The van der Waals surface area contributed by atoms with Gasteiger partial charge in [-0.3, -0.25) is 33.7 Å². The molecule has 5 amide bonds. The number of amides is 5. The Labute approximate surface area is 246 Å². The topological polar surface area (TPSA) is 169 Å². The van der Waals surface area contributed by atoms with Crippen molar-refractivity contribution in [3.63, 3.8) is 0 Å². The van der Waals surface area contributed by atoms with Crippen molar-refractivity contribution in [1.82, 2.24) is 15.5 Å². The lowest BCUT2D eigenvalue weighted by Crippen LogP contribution is -2.51. The fourth-order valence-corrected chi connectivity index (χ4v) is 3.78. The zero-order valence-electron chi connectivity index (χ0n) is 24.7. The molecule has 3 N–H and O–H groups in total. The van der Waals surface area contributed by atoms with E-state index in [-0.39, 0.29) is 101 Å². The van der Waals surface area contributed by atoms with Gasteiger partial charge in [0.15, 0.2) is 0 Å². The van der Waals surface area contributed by atoms with Crippen LogP contribution in [0.4, 0.5) is 5.69 Å². The summed E-state index contributed by atoms with van der Waals surface area (Å²) in [5.41, 5.74) is 1.29. The summed E-state index contributed by atoms with van der Waals surface area (Å²) in [6.07, 6.45) is 0.519. The number of carbonyl (C=O) groups is 6. The molecular formula is C29H42N4O9. The predicted molar refractivity (Wildman–Crippen MR) is 152 cm³/mol. The smallest absolute Gasteiger partial charge is 0.308 e. The van der Waals surface area contributed by atoms with Crippen LogP contribution in [0.1, 0.15) is 52.5 Å². The summed E-state index contributed by atoms with van der Waals surface area (Å²) in [5.74, 6) is -2.41. The second kappa shape index (κ2) is 17.9. The van der Waals surface area contributed by atoms with Crippen molar-refractivity contribution >= 4 is 41.2 Å². The van der Waals surface area contributed by atoms with Crippen LogP contribution in [-0.2, 0) is 49.6 Å². The first kappa shape index (κ1) is 34.4. The van der Waals surface area contributed by atoms with Crippen LogP contribution in [0.5, 0.6) is 0 Å². The van der Waals surface area contributed by atoms with Crippen LogP contribution < -0.4 is 16.0 Å². The maximum Gasteiger partial charge on any atom is 0.308 e. The second-order valence-corrected chi connectivity index (χ2v) is 10.4. The highest BCUT2D eigenvalue weighted by molar-refractivity contribution is 6.01. The molecule has 13 nitrogen and oxygen atoms in total. The Morgan fingerprint density at radius 3 is 2.07 bits per heavy atom. The average Bonchev–Trinajstić information content (AvgIpc) is 3.27.